The van der Waals surface area contributed by atoms with Crippen molar-refractivity contribution in [3.8, 4) is 5.75 Å². The predicted octanol–water partition coefficient (Wildman–Crippen LogP) is 3.09. The van der Waals surface area contributed by atoms with Crippen LogP contribution in [-0.4, -0.2) is 53.9 Å². The first-order chi connectivity index (χ1) is 12.2. The predicted molar refractivity (Wildman–Crippen MR) is 96.7 cm³/mol. The average molecular weight is 344 g/mol. The maximum Gasteiger partial charge on any atom is 0.253 e. The van der Waals surface area contributed by atoms with Crippen molar-refractivity contribution in [2.45, 2.75) is 51.5 Å². The number of amides is 2. The molecule has 2 aliphatic heterocycles. The smallest absolute Gasteiger partial charge is 0.253 e. The first-order valence-corrected chi connectivity index (χ1v) is 9.50. The molecule has 0 aliphatic carbocycles. The van der Waals surface area contributed by atoms with E-state index in [9.17, 15) is 9.59 Å². The van der Waals surface area contributed by atoms with Crippen LogP contribution in [-0.2, 0) is 4.79 Å². The second kappa shape index (κ2) is 8.37. The molecule has 1 aromatic rings. The molecule has 0 spiro atoms. The first-order valence-electron chi connectivity index (χ1n) is 9.50. The van der Waals surface area contributed by atoms with Crippen molar-refractivity contribution in [3.63, 3.8) is 0 Å². The lowest BCUT2D eigenvalue weighted by Crippen LogP contribution is -2.38. The Bertz CT molecular complexity index is 593. The van der Waals surface area contributed by atoms with Crippen molar-refractivity contribution >= 4 is 11.8 Å². The quantitative estimate of drug-likeness (QED) is 0.797. The van der Waals surface area contributed by atoms with Crippen LogP contribution < -0.4 is 4.74 Å². The number of carbonyl (C=O) groups excluding carboxylic acids is 2. The van der Waals surface area contributed by atoms with E-state index in [4.69, 9.17) is 4.74 Å². The number of hydrogen-bond acceptors (Lipinski definition) is 3. The zero-order valence-corrected chi connectivity index (χ0v) is 15.1. The molecular weight excluding hydrogens is 316 g/mol. The molecule has 1 atom stereocenters. The zero-order valence-electron chi connectivity index (χ0n) is 15.1. The fourth-order valence-corrected chi connectivity index (χ4v) is 3.68. The molecule has 3 rings (SSSR count). The van der Waals surface area contributed by atoms with E-state index in [1.165, 1.54) is 0 Å². The summed E-state index contributed by atoms with van der Waals surface area (Å²) in [6, 6.07) is 7.56. The number of ether oxygens (including phenoxy) is 1. The van der Waals surface area contributed by atoms with Crippen molar-refractivity contribution in [3.05, 3.63) is 29.8 Å². The second-order valence-electron chi connectivity index (χ2n) is 6.97. The van der Waals surface area contributed by atoms with Crippen LogP contribution in [0.25, 0.3) is 0 Å². The average Bonchev–Trinajstić information content (AvgIpc) is 3.31. The number of rotatable bonds is 6. The van der Waals surface area contributed by atoms with E-state index in [2.05, 4.69) is 0 Å². The van der Waals surface area contributed by atoms with E-state index in [1.54, 1.807) is 0 Å². The third-order valence-electron chi connectivity index (χ3n) is 5.10. The Morgan fingerprint density at radius 1 is 1.08 bits per heavy atom. The molecule has 2 aliphatic rings. The Balaban J connectivity index is 1.53. The largest absolute Gasteiger partial charge is 0.491 e. The summed E-state index contributed by atoms with van der Waals surface area (Å²) in [6.45, 7) is 5.12. The molecule has 5 heteroatoms. The Morgan fingerprint density at radius 2 is 1.80 bits per heavy atom. The van der Waals surface area contributed by atoms with Gasteiger partial charge in [0, 0.05) is 31.6 Å². The van der Waals surface area contributed by atoms with Crippen LogP contribution in [0.4, 0.5) is 0 Å². The maximum absolute atomic E-state index is 12.3. The highest BCUT2D eigenvalue weighted by molar-refractivity contribution is 5.94. The minimum absolute atomic E-state index is 0.108. The second-order valence-corrected chi connectivity index (χ2v) is 6.97. The minimum Gasteiger partial charge on any atom is -0.491 e. The molecule has 2 fully saturated rings. The van der Waals surface area contributed by atoms with Crippen molar-refractivity contribution in [2.24, 2.45) is 0 Å². The lowest BCUT2D eigenvalue weighted by Gasteiger charge is -2.24. The number of carbonyl (C=O) groups is 2. The van der Waals surface area contributed by atoms with E-state index < -0.39 is 0 Å². The molecule has 2 saturated heterocycles. The van der Waals surface area contributed by atoms with Gasteiger partial charge in [-0.15, -0.1) is 0 Å². The van der Waals surface area contributed by atoms with E-state index in [0.29, 0.717) is 13.0 Å². The molecule has 0 unspecified atom stereocenters. The van der Waals surface area contributed by atoms with Crippen LogP contribution in [0.1, 0.15) is 55.8 Å². The molecule has 0 aromatic heterocycles. The molecule has 136 valence electrons. The summed E-state index contributed by atoms with van der Waals surface area (Å²) < 4.78 is 5.89. The monoisotopic (exact) mass is 344 g/mol. The zero-order chi connectivity index (χ0) is 17.6. The standard InChI is InChI=1S/C20H28N2O3/c1-2-6-19(23)22-14-5-7-17(22)15-25-18-10-8-16(9-11-18)20(24)21-12-3-4-13-21/h8-11,17H,2-7,12-15H2,1H3/t17-/m0/s1. The maximum atomic E-state index is 12.3. The van der Waals surface area contributed by atoms with Crippen LogP contribution in [0.2, 0.25) is 0 Å². The van der Waals surface area contributed by atoms with E-state index in [-0.39, 0.29) is 17.9 Å². The van der Waals surface area contributed by atoms with Crippen LogP contribution >= 0.6 is 0 Å². The van der Waals surface area contributed by atoms with Gasteiger partial charge in [0.2, 0.25) is 5.91 Å². The molecule has 2 amide bonds. The Kier molecular flexibility index (Phi) is 5.95. The first kappa shape index (κ1) is 17.8. The molecule has 0 radical (unpaired) electrons. The number of benzene rings is 1. The van der Waals surface area contributed by atoms with Crippen LogP contribution in [0.3, 0.4) is 0 Å². The minimum atomic E-state index is 0.108. The van der Waals surface area contributed by atoms with Gasteiger partial charge in [-0.05, 0) is 56.4 Å². The Morgan fingerprint density at radius 3 is 2.48 bits per heavy atom. The molecule has 5 nitrogen and oxygen atoms in total. The molecule has 0 bridgehead atoms. The summed E-state index contributed by atoms with van der Waals surface area (Å²) >= 11 is 0. The van der Waals surface area contributed by atoms with Gasteiger partial charge in [-0.3, -0.25) is 9.59 Å². The summed E-state index contributed by atoms with van der Waals surface area (Å²) in [5, 5.41) is 0. The normalized spacial score (nSPS) is 20.1. The van der Waals surface area contributed by atoms with Gasteiger partial charge in [-0.1, -0.05) is 6.92 Å². The molecule has 1 aromatic carbocycles. The Hall–Kier alpha value is -2.04. The van der Waals surface area contributed by atoms with Crippen LogP contribution in [0.5, 0.6) is 5.75 Å². The van der Waals surface area contributed by atoms with Gasteiger partial charge in [-0.25, -0.2) is 0 Å². The summed E-state index contributed by atoms with van der Waals surface area (Å²) in [7, 11) is 0. The molecule has 0 N–H and O–H groups in total. The summed E-state index contributed by atoms with van der Waals surface area (Å²) in [5.41, 5.74) is 0.717. The van der Waals surface area contributed by atoms with Gasteiger partial charge >= 0.3 is 0 Å². The fraction of sp³-hybridized carbons (Fsp3) is 0.600. The number of likely N-dealkylation sites (tertiary alicyclic amines) is 2. The lowest BCUT2D eigenvalue weighted by atomic mass is 10.2. The highest BCUT2D eigenvalue weighted by Gasteiger charge is 2.28. The molecular formula is C20H28N2O3. The summed E-state index contributed by atoms with van der Waals surface area (Å²) in [4.78, 5) is 28.4. The summed E-state index contributed by atoms with van der Waals surface area (Å²) in [5.74, 6) is 1.10. The third-order valence-corrected chi connectivity index (χ3v) is 5.10. The SMILES string of the molecule is CCCC(=O)N1CCC[C@H]1COc1ccc(C(=O)N2CCCC2)cc1. The topological polar surface area (TPSA) is 49.9 Å². The molecule has 0 saturated carbocycles. The fourth-order valence-electron chi connectivity index (χ4n) is 3.68. The number of nitrogens with zero attached hydrogens (tertiary/aromatic N) is 2. The van der Waals surface area contributed by atoms with Gasteiger partial charge in [0.25, 0.3) is 5.91 Å². The Labute approximate surface area is 149 Å². The molecule has 25 heavy (non-hydrogen) atoms. The highest BCUT2D eigenvalue weighted by Crippen LogP contribution is 2.21. The van der Waals surface area contributed by atoms with Gasteiger partial charge in [0.05, 0.1) is 6.04 Å². The van der Waals surface area contributed by atoms with E-state index in [0.717, 1.165) is 63.1 Å². The lowest BCUT2D eigenvalue weighted by molar-refractivity contribution is -0.132. The van der Waals surface area contributed by atoms with Crippen molar-refractivity contribution < 1.29 is 14.3 Å². The number of hydrogen-bond donors (Lipinski definition) is 0. The summed E-state index contributed by atoms with van der Waals surface area (Å²) in [6.07, 6.45) is 5.75. The van der Waals surface area contributed by atoms with Crippen molar-refractivity contribution in [1.82, 2.24) is 9.80 Å². The van der Waals surface area contributed by atoms with Gasteiger partial charge < -0.3 is 14.5 Å². The van der Waals surface area contributed by atoms with Crippen LogP contribution in [0, 0.1) is 0 Å². The van der Waals surface area contributed by atoms with Gasteiger partial charge in [0.1, 0.15) is 12.4 Å². The van der Waals surface area contributed by atoms with Gasteiger partial charge in [-0.2, -0.15) is 0 Å². The third kappa shape index (κ3) is 4.33. The van der Waals surface area contributed by atoms with Crippen molar-refractivity contribution in [1.29, 1.82) is 0 Å². The van der Waals surface area contributed by atoms with E-state index in [1.807, 2.05) is 41.0 Å². The van der Waals surface area contributed by atoms with E-state index >= 15 is 0 Å². The highest BCUT2D eigenvalue weighted by atomic mass is 16.5. The molecule has 2 heterocycles. The van der Waals surface area contributed by atoms with Gasteiger partial charge in [0.15, 0.2) is 0 Å². The van der Waals surface area contributed by atoms with Crippen molar-refractivity contribution in [2.75, 3.05) is 26.2 Å². The van der Waals surface area contributed by atoms with Crippen LogP contribution in [0.15, 0.2) is 24.3 Å².